The van der Waals surface area contributed by atoms with Crippen LogP contribution in [0.2, 0.25) is 0 Å². The molecule has 0 saturated carbocycles. The first-order valence-corrected chi connectivity index (χ1v) is 13.9. The number of benzene rings is 3. The van der Waals surface area contributed by atoms with Gasteiger partial charge in [-0.2, -0.15) is 0 Å². The summed E-state index contributed by atoms with van der Waals surface area (Å²) in [7, 11) is 1.71. The number of nitrogens with zero attached hydrogens (tertiary/aromatic N) is 5. The van der Waals surface area contributed by atoms with Crippen molar-refractivity contribution in [3.8, 4) is 5.75 Å². The Morgan fingerprint density at radius 1 is 0.952 bits per heavy atom. The SMILES string of the molecule is CN1CC(=O)N2C(CN(Cc3ccc4cccnc4c3)C(=O)[C@@H]2Cc2ccc(O)cc2)N1C(=O)NCc1ccccc1. The number of phenolic OH excluding ortho intramolecular Hbond substituents is 1. The van der Waals surface area contributed by atoms with E-state index >= 15 is 0 Å². The fourth-order valence-electron chi connectivity index (χ4n) is 5.79. The summed E-state index contributed by atoms with van der Waals surface area (Å²) in [5.41, 5.74) is 3.49. The number of phenols is 1. The van der Waals surface area contributed by atoms with Crippen molar-refractivity contribution in [2.24, 2.45) is 0 Å². The van der Waals surface area contributed by atoms with Gasteiger partial charge in [-0.3, -0.25) is 14.6 Å². The molecule has 0 bridgehead atoms. The number of carbonyl (C=O) groups excluding carboxylic acids is 3. The first-order chi connectivity index (χ1) is 20.4. The second-order valence-corrected chi connectivity index (χ2v) is 10.7. The minimum Gasteiger partial charge on any atom is -0.508 e. The number of carbonyl (C=O) groups is 3. The third-order valence-corrected chi connectivity index (χ3v) is 7.84. The van der Waals surface area contributed by atoms with Crippen LogP contribution in [0.15, 0.2) is 91.1 Å². The van der Waals surface area contributed by atoms with Crippen molar-refractivity contribution in [3.63, 3.8) is 0 Å². The maximum atomic E-state index is 14.1. The number of rotatable bonds is 6. The monoisotopic (exact) mass is 564 g/mol. The molecule has 1 aromatic heterocycles. The van der Waals surface area contributed by atoms with Crippen molar-refractivity contribution in [3.05, 3.63) is 108 Å². The Morgan fingerprint density at radius 3 is 2.50 bits per heavy atom. The Balaban J connectivity index is 1.32. The molecular weight excluding hydrogens is 532 g/mol. The van der Waals surface area contributed by atoms with E-state index < -0.39 is 12.2 Å². The Hall–Kier alpha value is -4.96. The van der Waals surface area contributed by atoms with Crippen LogP contribution in [0.25, 0.3) is 10.9 Å². The van der Waals surface area contributed by atoms with Gasteiger partial charge in [-0.15, -0.1) is 0 Å². The number of hydrogen-bond acceptors (Lipinski definition) is 6. The second kappa shape index (κ2) is 11.5. The summed E-state index contributed by atoms with van der Waals surface area (Å²) in [5.74, 6) is -0.292. The highest BCUT2D eigenvalue weighted by atomic mass is 16.3. The van der Waals surface area contributed by atoms with Gasteiger partial charge in [0.1, 0.15) is 18.0 Å². The number of aromatic hydroxyl groups is 1. The van der Waals surface area contributed by atoms with E-state index in [2.05, 4.69) is 10.3 Å². The zero-order valence-corrected chi connectivity index (χ0v) is 23.3. The predicted octanol–water partition coefficient (Wildman–Crippen LogP) is 3.12. The zero-order chi connectivity index (χ0) is 29.2. The van der Waals surface area contributed by atoms with E-state index in [4.69, 9.17) is 0 Å². The first-order valence-electron chi connectivity index (χ1n) is 13.9. The highest BCUT2D eigenvalue weighted by Gasteiger charge is 2.50. The maximum Gasteiger partial charge on any atom is 0.334 e. The van der Waals surface area contributed by atoms with E-state index in [-0.39, 0.29) is 43.1 Å². The molecule has 2 aliphatic heterocycles. The molecule has 10 nitrogen and oxygen atoms in total. The number of likely N-dealkylation sites (N-methyl/N-ethyl adjacent to an activating group) is 1. The number of amides is 4. The first kappa shape index (κ1) is 27.2. The smallest absolute Gasteiger partial charge is 0.334 e. The van der Waals surface area contributed by atoms with E-state index in [9.17, 15) is 19.5 Å². The Labute approximate surface area is 243 Å². The van der Waals surface area contributed by atoms with Gasteiger partial charge in [0, 0.05) is 38.1 Å². The molecule has 2 N–H and O–H groups in total. The van der Waals surface area contributed by atoms with Crippen LogP contribution in [-0.2, 0) is 29.1 Å². The second-order valence-electron chi connectivity index (χ2n) is 10.7. The van der Waals surface area contributed by atoms with Crippen molar-refractivity contribution < 1.29 is 19.5 Å². The van der Waals surface area contributed by atoms with Gasteiger partial charge >= 0.3 is 6.03 Å². The number of urea groups is 1. The number of fused-ring (bicyclic) bond motifs is 2. The number of hydrogen-bond donors (Lipinski definition) is 2. The van der Waals surface area contributed by atoms with E-state index in [0.29, 0.717) is 13.1 Å². The average molecular weight is 565 g/mol. The molecule has 3 aromatic carbocycles. The molecule has 4 amide bonds. The molecule has 4 aromatic rings. The number of pyridine rings is 1. The van der Waals surface area contributed by atoms with Crippen LogP contribution >= 0.6 is 0 Å². The summed E-state index contributed by atoms with van der Waals surface area (Å²) in [6, 6.07) is 24.8. The highest BCUT2D eigenvalue weighted by Crippen LogP contribution is 2.29. The van der Waals surface area contributed by atoms with Crippen molar-refractivity contribution in [1.29, 1.82) is 0 Å². The Morgan fingerprint density at radius 2 is 1.71 bits per heavy atom. The largest absolute Gasteiger partial charge is 0.508 e. The molecule has 42 heavy (non-hydrogen) atoms. The van der Waals surface area contributed by atoms with Crippen molar-refractivity contribution in [2.45, 2.75) is 31.7 Å². The molecule has 2 atom stereocenters. The Kier molecular flexibility index (Phi) is 7.45. The van der Waals surface area contributed by atoms with Crippen LogP contribution in [0.1, 0.15) is 16.7 Å². The van der Waals surface area contributed by atoms with Crippen LogP contribution in [0.4, 0.5) is 4.79 Å². The molecule has 6 rings (SSSR count). The summed E-state index contributed by atoms with van der Waals surface area (Å²) < 4.78 is 0. The third-order valence-electron chi connectivity index (χ3n) is 7.84. The van der Waals surface area contributed by atoms with Gasteiger partial charge in [0.2, 0.25) is 11.8 Å². The van der Waals surface area contributed by atoms with E-state index in [0.717, 1.165) is 27.6 Å². The lowest BCUT2D eigenvalue weighted by molar-refractivity contribution is -0.187. The predicted molar refractivity (Wildman–Crippen MR) is 157 cm³/mol. The van der Waals surface area contributed by atoms with Crippen LogP contribution in [0, 0.1) is 0 Å². The van der Waals surface area contributed by atoms with E-state index in [1.54, 1.807) is 57.3 Å². The molecule has 3 heterocycles. The van der Waals surface area contributed by atoms with E-state index in [1.165, 1.54) is 0 Å². The molecule has 10 heteroatoms. The maximum absolute atomic E-state index is 14.1. The lowest BCUT2D eigenvalue weighted by atomic mass is 9.98. The highest BCUT2D eigenvalue weighted by molar-refractivity contribution is 5.92. The standard InChI is InChI=1S/C32H32N6O4/c1-35-21-30(40)37-28(17-22-10-13-26(39)14-11-22)31(41)36(19-24-9-12-25-8-5-15-33-27(25)16-24)20-29(37)38(35)32(42)34-18-23-6-3-2-4-7-23/h2-16,28-29,39H,17-21H2,1H3,(H,34,42)/t28-,29?/m0/s1. The van der Waals surface area contributed by atoms with Crippen LogP contribution in [-0.4, -0.2) is 80.1 Å². The van der Waals surface area contributed by atoms with Crippen molar-refractivity contribution in [2.75, 3.05) is 20.1 Å². The number of hydrazine groups is 1. The zero-order valence-electron chi connectivity index (χ0n) is 23.3. The van der Waals surface area contributed by atoms with Gasteiger partial charge in [-0.05, 0) is 41.0 Å². The van der Waals surface area contributed by atoms with Gasteiger partial charge in [0.15, 0.2) is 0 Å². The van der Waals surface area contributed by atoms with Gasteiger partial charge in [-0.1, -0.05) is 60.7 Å². The van der Waals surface area contributed by atoms with Gasteiger partial charge in [0.05, 0.1) is 18.6 Å². The fourth-order valence-corrected chi connectivity index (χ4v) is 5.79. The average Bonchev–Trinajstić information content (AvgIpc) is 2.99. The van der Waals surface area contributed by atoms with Crippen LogP contribution in [0.5, 0.6) is 5.75 Å². The lowest BCUT2D eigenvalue weighted by Gasteiger charge is -2.54. The van der Waals surface area contributed by atoms with Gasteiger partial charge < -0.3 is 20.2 Å². The minimum absolute atomic E-state index is 0.0367. The third kappa shape index (κ3) is 5.48. The normalized spacial score (nSPS) is 19.2. The fraction of sp³-hybridized carbons (Fsp3) is 0.250. The molecule has 2 fully saturated rings. The van der Waals surface area contributed by atoms with E-state index in [1.807, 2.05) is 60.7 Å². The molecule has 0 spiro atoms. The summed E-state index contributed by atoms with van der Waals surface area (Å²) in [4.78, 5) is 48.9. The van der Waals surface area contributed by atoms with Gasteiger partial charge in [-0.25, -0.2) is 14.8 Å². The van der Waals surface area contributed by atoms with Crippen LogP contribution < -0.4 is 5.32 Å². The Bertz CT molecular complexity index is 1610. The van der Waals surface area contributed by atoms with Crippen molar-refractivity contribution in [1.82, 2.24) is 30.1 Å². The summed E-state index contributed by atoms with van der Waals surface area (Å²) in [5, 5.41) is 16.9. The minimum atomic E-state index is -0.822. The van der Waals surface area contributed by atoms with Gasteiger partial charge in [0.25, 0.3) is 0 Å². The molecular formula is C32H32N6O4. The lowest BCUT2D eigenvalue weighted by Crippen LogP contribution is -2.76. The quantitative estimate of drug-likeness (QED) is 0.373. The molecule has 1 unspecified atom stereocenters. The molecule has 2 saturated heterocycles. The summed E-state index contributed by atoms with van der Waals surface area (Å²) in [6.07, 6.45) is 1.28. The molecule has 0 aliphatic carbocycles. The van der Waals surface area contributed by atoms with Crippen LogP contribution in [0.3, 0.4) is 0 Å². The topological polar surface area (TPSA) is 109 Å². The number of aromatic nitrogens is 1. The molecule has 0 radical (unpaired) electrons. The number of piperazine rings is 1. The molecule has 2 aliphatic rings. The number of nitrogens with one attached hydrogen (secondary N) is 1. The van der Waals surface area contributed by atoms with Crippen molar-refractivity contribution >= 4 is 28.7 Å². The molecule has 214 valence electrons. The summed E-state index contributed by atoms with van der Waals surface area (Å²) in [6.45, 7) is 0.748. The summed E-state index contributed by atoms with van der Waals surface area (Å²) >= 11 is 0.